The van der Waals surface area contributed by atoms with E-state index < -0.39 is 0 Å². The summed E-state index contributed by atoms with van der Waals surface area (Å²) in [6, 6.07) is 0. The number of rotatable bonds is 7. The van der Waals surface area contributed by atoms with Crippen LogP contribution in [0, 0.1) is 11.8 Å². The molecule has 0 radical (unpaired) electrons. The lowest BCUT2D eigenvalue weighted by Gasteiger charge is -2.23. The number of aliphatic hydroxyl groups excluding tert-OH is 1. The van der Waals surface area contributed by atoms with Crippen molar-refractivity contribution in [3.05, 3.63) is 0 Å². The smallest absolute Gasteiger partial charge is 0.0570 e. The van der Waals surface area contributed by atoms with E-state index in [2.05, 4.69) is 27.7 Å². The number of aliphatic hydroxyl groups is 1. The predicted molar refractivity (Wildman–Crippen MR) is 58.8 cm³/mol. The lowest BCUT2D eigenvalue weighted by atomic mass is 9.88. The Labute approximate surface area is 83.5 Å². The highest BCUT2D eigenvalue weighted by Gasteiger charge is 2.18. The van der Waals surface area contributed by atoms with E-state index in [4.69, 9.17) is 0 Å². The van der Waals surface area contributed by atoms with Crippen molar-refractivity contribution in [1.82, 2.24) is 0 Å². The third kappa shape index (κ3) is 6.09. The summed E-state index contributed by atoms with van der Waals surface area (Å²) >= 11 is 0. The van der Waals surface area contributed by atoms with Gasteiger partial charge in [0.15, 0.2) is 0 Å². The first kappa shape index (κ1) is 13.0. The summed E-state index contributed by atoms with van der Waals surface area (Å²) in [5.74, 6) is 1.16. The minimum Gasteiger partial charge on any atom is -0.393 e. The zero-order chi connectivity index (χ0) is 10.3. The van der Waals surface area contributed by atoms with Crippen LogP contribution in [0.3, 0.4) is 0 Å². The number of hydrogen-bond acceptors (Lipinski definition) is 1. The monoisotopic (exact) mass is 186 g/mol. The van der Waals surface area contributed by atoms with Gasteiger partial charge in [0.25, 0.3) is 0 Å². The summed E-state index contributed by atoms with van der Waals surface area (Å²) in [5.41, 5.74) is 0. The van der Waals surface area contributed by atoms with Gasteiger partial charge in [0, 0.05) is 0 Å². The van der Waals surface area contributed by atoms with Gasteiger partial charge in [-0.2, -0.15) is 0 Å². The first-order valence-electron chi connectivity index (χ1n) is 5.79. The third-order valence-corrected chi connectivity index (χ3v) is 2.58. The minimum absolute atomic E-state index is 0.0695. The molecule has 0 aromatic heterocycles. The Morgan fingerprint density at radius 1 is 1.00 bits per heavy atom. The van der Waals surface area contributed by atoms with Gasteiger partial charge in [-0.15, -0.1) is 0 Å². The summed E-state index contributed by atoms with van der Waals surface area (Å²) in [7, 11) is 0. The molecule has 0 bridgehead atoms. The van der Waals surface area contributed by atoms with Crippen LogP contribution in [0.1, 0.15) is 59.8 Å². The molecular weight excluding hydrogens is 160 g/mol. The second kappa shape index (κ2) is 7.37. The molecule has 1 atom stereocenters. The molecule has 1 N–H and O–H groups in total. The maximum Gasteiger partial charge on any atom is 0.0570 e. The van der Waals surface area contributed by atoms with Crippen LogP contribution in [0.2, 0.25) is 0 Å². The van der Waals surface area contributed by atoms with Crippen molar-refractivity contribution in [2.24, 2.45) is 11.8 Å². The molecule has 13 heavy (non-hydrogen) atoms. The molecule has 1 unspecified atom stereocenters. The quantitative estimate of drug-likeness (QED) is 0.644. The van der Waals surface area contributed by atoms with Gasteiger partial charge < -0.3 is 5.11 Å². The third-order valence-electron chi connectivity index (χ3n) is 2.58. The molecule has 0 aromatic carbocycles. The molecule has 0 aliphatic heterocycles. The Kier molecular flexibility index (Phi) is 7.35. The molecule has 0 rings (SSSR count). The van der Waals surface area contributed by atoms with Crippen LogP contribution in [0.15, 0.2) is 0 Å². The molecule has 1 nitrogen and oxygen atoms in total. The van der Waals surface area contributed by atoms with Gasteiger partial charge in [-0.1, -0.05) is 40.5 Å². The highest BCUT2D eigenvalue weighted by Crippen LogP contribution is 2.22. The normalized spacial score (nSPS) is 14.1. The Morgan fingerprint density at radius 2 is 1.46 bits per heavy atom. The van der Waals surface area contributed by atoms with Crippen molar-refractivity contribution in [3.8, 4) is 0 Å². The second-order valence-corrected chi connectivity index (χ2v) is 4.53. The van der Waals surface area contributed by atoms with Crippen LogP contribution in [-0.4, -0.2) is 11.2 Å². The molecule has 0 spiro atoms. The fourth-order valence-corrected chi connectivity index (χ4v) is 1.95. The Morgan fingerprint density at radius 3 is 1.77 bits per heavy atom. The first-order valence-corrected chi connectivity index (χ1v) is 5.79. The van der Waals surface area contributed by atoms with E-state index in [0.29, 0.717) is 11.8 Å². The van der Waals surface area contributed by atoms with Crippen LogP contribution >= 0.6 is 0 Å². The first-order chi connectivity index (χ1) is 6.11. The minimum atomic E-state index is -0.0695. The Hall–Kier alpha value is -0.0400. The molecule has 1 heteroatoms. The van der Waals surface area contributed by atoms with E-state index in [-0.39, 0.29) is 6.10 Å². The van der Waals surface area contributed by atoms with E-state index in [1.165, 1.54) is 25.7 Å². The van der Waals surface area contributed by atoms with Crippen molar-refractivity contribution >= 4 is 0 Å². The lowest BCUT2D eigenvalue weighted by Crippen LogP contribution is -2.22. The summed E-state index contributed by atoms with van der Waals surface area (Å²) in [4.78, 5) is 0. The van der Waals surface area contributed by atoms with Gasteiger partial charge >= 0.3 is 0 Å². The van der Waals surface area contributed by atoms with Gasteiger partial charge in [0.2, 0.25) is 0 Å². The highest BCUT2D eigenvalue weighted by molar-refractivity contribution is 4.69. The fourth-order valence-electron chi connectivity index (χ4n) is 1.95. The van der Waals surface area contributed by atoms with E-state index >= 15 is 0 Å². The average molecular weight is 186 g/mol. The van der Waals surface area contributed by atoms with Gasteiger partial charge in [-0.25, -0.2) is 0 Å². The zero-order valence-electron chi connectivity index (χ0n) is 9.71. The second-order valence-electron chi connectivity index (χ2n) is 4.53. The van der Waals surface area contributed by atoms with Crippen LogP contribution in [-0.2, 0) is 0 Å². The fraction of sp³-hybridized carbons (Fsp3) is 1.00. The molecule has 0 saturated heterocycles. The molecule has 0 amide bonds. The van der Waals surface area contributed by atoms with E-state index in [1.54, 1.807) is 0 Å². The topological polar surface area (TPSA) is 20.2 Å². The molecule has 0 saturated carbocycles. The predicted octanol–water partition coefficient (Wildman–Crippen LogP) is 3.61. The molecule has 0 aliphatic carbocycles. The van der Waals surface area contributed by atoms with Crippen LogP contribution in [0.5, 0.6) is 0 Å². The summed E-state index contributed by atoms with van der Waals surface area (Å²) in [5, 5.41) is 9.94. The summed E-state index contributed by atoms with van der Waals surface area (Å²) in [6.07, 6.45) is 5.65. The van der Waals surface area contributed by atoms with Crippen molar-refractivity contribution in [2.75, 3.05) is 0 Å². The molecular formula is C12H26O. The van der Waals surface area contributed by atoms with Crippen LogP contribution in [0.4, 0.5) is 0 Å². The van der Waals surface area contributed by atoms with Crippen LogP contribution in [0.25, 0.3) is 0 Å². The van der Waals surface area contributed by atoms with Crippen LogP contribution < -0.4 is 0 Å². The van der Waals surface area contributed by atoms with Gasteiger partial charge in [0.1, 0.15) is 0 Å². The largest absolute Gasteiger partial charge is 0.393 e. The molecule has 80 valence electrons. The summed E-state index contributed by atoms with van der Waals surface area (Å²) in [6.45, 7) is 8.76. The lowest BCUT2D eigenvalue weighted by molar-refractivity contribution is 0.0764. The van der Waals surface area contributed by atoms with Gasteiger partial charge in [0.05, 0.1) is 6.10 Å². The maximum atomic E-state index is 9.94. The molecule has 0 aromatic rings. The van der Waals surface area contributed by atoms with Crippen molar-refractivity contribution in [2.45, 2.75) is 65.9 Å². The van der Waals surface area contributed by atoms with E-state index in [9.17, 15) is 5.11 Å². The average Bonchev–Trinajstić information content (AvgIpc) is 2.02. The number of hydrogen-bond donors (Lipinski definition) is 1. The zero-order valence-corrected chi connectivity index (χ0v) is 9.71. The highest BCUT2D eigenvalue weighted by atomic mass is 16.3. The standard InChI is InChI=1S/C12H26O/c1-5-7-11(8-6-2)12(13)9-10(3)4/h10-13H,5-9H2,1-4H3. The molecule has 0 heterocycles. The maximum absolute atomic E-state index is 9.94. The van der Waals surface area contributed by atoms with Gasteiger partial charge in [-0.05, 0) is 31.1 Å². The summed E-state index contributed by atoms with van der Waals surface area (Å²) < 4.78 is 0. The van der Waals surface area contributed by atoms with Crippen molar-refractivity contribution in [1.29, 1.82) is 0 Å². The Bertz CT molecular complexity index is 104. The van der Waals surface area contributed by atoms with E-state index in [1.807, 2.05) is 0 Å². The van der Waals surface area contributed by atoms with Crippen molar-refractivity contribution in [3.63, 3.8) is 0 Å². The SMILES string of the molecule is CCCC(CCC)C(O)CC(C)C. The van der Waals surface area contributed by atoms with E-state index in [0.717, 1.165) is 6.42 Å². The molecule has 0 fully saturated rings. The van der Waals surface area contributed by atoms with Crippen molar-refractivity contribution < 1.29 is 5.11 Å². The van der Waals surface area contributed by atoms with Gasteiger partial charge in [-0.3, -0.25) is 0 Å². The molecule has 0 aliphatic rings. The Balaban J connectivity index is 3.86.